The third-order valence-corrected chi connectivity index (χ3v) is 1.52. The van der Waals surface area contributed by atoms with E-state index in [4.69, 9.17) is 4.74 Å². The van der Waals surface area contributed by atoms with Crippen LogP contribution in [0.1, 0.15) is 26.2 Å². The second-order valence-electron chi connectivity index (χ2n) is 2.18. The summed E-state index contributed by atoms with van der Waals surface area (Å²) in [4.78, 5) is 0. The van der Waals surface area contributed by atoms with Crippen LogP contribution in [0.5, 0.6) is 0 Å². The van der Waals surface area contributed by atoms with Gasteiger partial charge in [0.25, 0.3) is 0 Å². The molecule has 1 aliphatic carbocycles. The highest BCUT2D eigenvalue weighted by Crippen LogP contribution is 2.19. The van der Waals surface area contributed by atoms with Crippen LogP contribution in [0.15, 0.2) is 0 Å². The second kappa shape index (κ2) is 3.08. The van der Waals surface area contributed by atoms with E-state index in [1.54, 1.807) is 0 Å². The molecule has 0 N–H and O–H groups in total. The minimum absolute atomic E-state index is 0.556. The largest absolute Gasteiger partial charge is 0.378 e. The molecule has 1 radical (unpaired) electrons. The topological polar surface area (TPSA) is 9.23 Å². The molecule has 47 valence electrons. The number of ether oxygens (including phenoxy) is 1. The zero-order valence-electron chi connectivity index (χ0n) is 5.39. The van der Waals surface area contributed by atoms with Crippen molar-refractivity contribution in [3.8, 4) is 0 Å². The molecule has 1 aliphatic rings. The first-order valence-corrected chi connectivity index (χ1v) is 3.36. The summed E-state index contributed by atoms with van der Waals surface area (Å²) in [6.07, 6.45) is 6.53. The van der Waals surface area contributed by atoms with Crippen LogP contribution in [-0.2, 0) is 4.74 Å². The van der Waals surface area contributed by atoms with Gasteiger partial charge >= 0.3 is 0 Å². The molecular formula is C7H13O. The molecule has 0 aliphatic heterocycles. The lowest BCUT2D eigenvalue weighted by Gasteiger charge is -2.06. The Balaban J connectivity index is 2.06. The molecule has 0 amide bonds. The quantitative estimate of drug-likeness (QED) is 0.530. The number of rotatable bonds is 2. The fourth-order valence-corrected chi connectivity index (χ4v) is 1.11. The highest BCUT2D eigenvalue weighted by molar-refractivity contribution is 4.80. The van der Waals surface area contributed by atoms with Crippen LogP contribution in [0.4, 0.5) is 0 Å². The van der Waals surface area contributed by atoms with E-state index in [0.717, 1.165) is 6.61 Å². The maximum atomic E-state index is 5.37. The van der Waals surface area contributed by atoms with E-state index >= 15 is 0 Å². The smallest absolute Gasteiger partial charge is 0.0577 e. The monoisotopic (exact) mass is 113 g/mol. The van der Waals surface area contributed by atoms with Gasteiger partial charge in [-0.2, -0.15) is 0 Å². The molecule has 1 nitrogen and oxygen atoms in total. The van der Waals surface area contributed by atoms with Crippen molar-refractivity contribution in [2.75, 3.05) is 6.61 Å². The lowest BCUT2D eigenvalue weighted by atomic mass is 10.3. The Morgan fingerprint density at radius 1 is 1.75 bits per heavy atom. The van der Waals surface area contributed by atoms with Crippen LogP contribution in [0, 0.1) is 6.42 Å². The Kier molecular flexibility index (Phi) is 2.34. The van der Waals surface area contributed by atoms with Crippen LogP contribution >= 0.6 is 0 Å². The Labute approximate surface area is 51.0 Å². The maximum absolute atomic E-state index is 5.37. The molecule has 1 heteroatoms. The van der Waals surface area contributed by atoms with Gasteiger partial charge in [-0.05, 0) is 32.6 Å². The van der Waals surface area contributed by atoms with Gasteiger partial charge in [0, 0.05) is 6.61 Å². The molecule has 1 saturated carbocycles. The van der Waals surface area contributed by atoms with E-state index in [0.29, 0.717) is 6.10 Å². The molecule has 1 unspecified atom stereocenters. The van der Waals surface area contributed by atoms with E-state index in [1.165, 1.54) is 19.3 Å². The predicted octanol–water partition coefficient (Wildman–Crippen LogP) is 1.78. The van der Waals surface area contributed by atoms with Crippen molar-refractivity contribution in [2.24, 2.45) is 0 Å². The van der Waals surface area contributed by atoms with Crippen LogP contribution in [0.3, 0.4) is 0 Å². The minimum atomic E-state index is 0.556. The van der Waals surface area contributed by atoms with Crippen molar-refractivity contribution in [1.82, 2.24) is 0 Å². The lowest BCUT2D eigenvalue weighted by molar-refractivity contribution is 0.0702. The first-order chi connectivity index (χ1) is 3.93. The normalized spacial score (nSPS) is 22.1. The summed E-state index contributed by atoms with van der Waals surface area (Å²) in [5.74, 6) is 0. The first kappa shape index (κ1) is 6.09. The van der Waals surface area contributed by atoms with E-state index < -0.39 is 0 Å². The van der Waals surface area contributed by atoms with Crippen LogP contribution in [-0.4, -0.2) is 12.7 Å². The molecule has 0 saturated heterocycles. The van der Waals surface area contributed by atoms with Crippen molar-refractivity contribution in [3.05, 3.63) is 6.42 Å². The molecule has 1 atom stereocenters. The highest BCUT2D eigenvalue weighted by atomic mass is 16.5. The second-order valence-corrected chi connectivity index (χ2v) is 2.18. The average molecular weight is 113 g/mol. The van der Waals surface area contributed by atoms with Gasteiger partial charge in [-0.1, -0.05) is 0 Å². The summed E-state index contributed by atoms with van der Waals surface area (Å²) in [5.41, 5.74) is 0. The van der Waals surface area contributed by atoms with Gasteiger partial charge in [0.1, 0.15) is 0 Å². The first-order valence-electron chi connectivity index (χ1n) is 3.36. The van der Waals surface area contributed by atoms with Gasteiger partial charge in [-0.25, -0.2) is 0 Å². The standard InChI is InChI=1S/C7H13O/c1-2-8-7-5-3-4-6-7/h3,7H,2,4-6H2,1H3. The molecule has 0 bridgehead atoms. The van der Waals surface area contributed by atoms with Gasteiger partial charge in [-0.3, -0.25) is 0 Å². The van der Waals surface area contributed by atoms with Gasteiger partial charge < -0.3 is 4.74 Å². The molecule has 1 fully saturated rings. The van der Waals surface area contributed by atoms with Crippen molar-refractivity contribution in [2.45, 2.75) is 32.3 Å². The summed E-state index contributed by atoms with van der Waals surface area (Å²) < 4.78 is 5.37. The van der Waals surface area contributed by atoms with Crippen LogP contribution in [0.25, 0.3) is 0 Å². The van der Waals surface area contributed by atoms with Crippen LogP contribution in [0.2, 0.25) is 0 Å². The van der Waals surface area contributed by atoms with Gasteiger partial charge in [-0.15, -0.1) is 0 Å². The van der Waals surface area contributed by atoms with E-state index in [-0.39, 0.29) is 0 Å². The average Bonchev–Trinajstić information content (AvgIpc) is 2.19. The van der Waals surface area contributed by atoms with E-state index in [1.807, 2.05) is 0 Å². The fourth-order valence-electron chi connectivity index (χ4n) is 1.11. The number of hydrogen-bond donors (Lipinski definition) is 0. The van der Waals surface area contributed by atoms with E-state index in [9.17, 15) is 0 Å². The van der Waals surface area contributed by atoms with Gasteiger partial charge in [0.2, 0.25) is 0 Å². The zero-order valence-corrected chi connectivity index (χ0v) is 5.39. The molecular weight excluding hydrogens is 100 g/mol. The zero-order chi connectivity index (χ0) is 5.82. The third-order valence-electron chi connectivity index (χ3n) is 1.52. The summed E-state index contributed by atoms with van der Waals surface area (Å²) in [6.45, 7) is 2.93. The molecule has 0 aromatic rings. The van der Waals surface area contributed by atoms with Gasteiger partial charge in [0.15, 0.2) is 0 Å². The Hall–Kier alpha value is -0.0400. The molecule has 0 aromatic carbocycles. The minimum Gasteiger partial charge on any atom is -0.378 e. The predicted molar refractivity (Wildman–Crippen MR) is 33.6 cm³/mol. The Bertz CT molecular complexity index is 55.4. The summed E-state index contributed by atoms with van der Waals surface area (Å²) in [7, 11) is 0. The fraction of sp³-hybridized carbons (Fsp3) is 0.857. The summed E-state index contributed by atoms with van der Waals surface area (Å²) in [5, 5.41) is 0. The Morgan fingerprint density at radius 2 is 2.62 bits per heavy atom. The van der Waals surface area contributed by atoms with Crippen molar-refractivity contribution in [1.29, 1.82) is 0 Å². The molecule has 0 heterocycles. The van der Waals surface area contributed by atoms with Crippen LogP contribution < -0.4 is 0 Å². The Morgan fingerprint density at radius 3 is 3.12 bits per heavy atom. The summed E-state index contributed by atoms with van der Waals surface area (Å²) in [6, 6.07) is 0. The van der Waals surface area contributed by atoms with Gasteiger partial charge in [0.05, 0.1) is 6.10 Å². The number of hydrogen-bond acceptors (Lipinski definition) is 1. The third kappa shape index (κ3) is 1.48. The summed E-state index contributed by atoms with van der Waals surface area (Å²) >= 11 is 0. The molecule has 8 heavy (non-hydrogen) atoms. The van der Waals surface area contributed by atoms with E-state index in [2.05, 4.69) is 13.3 Å². The SMILES string of the molecule is CCOC1C[CH]CC1. The van der Waals surface area contributed by atoms with Crippen molar-refractivity contribution in [3.63, 3.8) is 0 Å². The lowest BCUT2D eigenvalue weighted by Crippen LogP contribution is -2.05. The molecule has 0 aromatic heterocycles. The van der Waals surface area contributed by atoms with Crippen molar-refractivity contribution >= 4 is 0 Å². The highest BCUT2D eigenvalue weighted by Gasteiger charge is 2.13. The van der Waals surface area contributed by atoms with Crippen molar-refractivity contribution < 1.29 is 4.74 Å². The molecule has 1 rings (SSSR count). The molecule has 0 spiro atoms. The maximum Gasteiger partial charge on any atom is 0.0577 e.